The zero-order chi connectivity index (χ0) is 12.0. The summed E-state index contributed by atoms with van der Waals surface area (Å²) in [5, 5.41) is 3.25. The zero-order valence-electron chi connectivity index (χ0n) is 9.59. The van der Waals surface area contributed by atoms with Crippen molar-refractivity contribution in [1.82, 2.24) is 5.32 Å². The summed E-state index contributed by atoms with van der Waals surface area (Å²) in [7, 11) is 0. The number of hydrogen-bond acceptors (Lipinski definition) is 2. The predicted molar refractivity (Wildman–Crippen MR) is 66.9 cm³/mol. The molecule has 4 heteroatoms. The van der Waals surface area contributed by atoms with Crippen molar-refractivity contribution in [2.45, 2.75) is 26.5 Å². The quantitative estimate of drug-likeness (QED) is 0.813. The zero-order valence-corrected chi connectivity index (χ0v) is 11.2. The number of rotatable bonds is 6. The van der Waals surface area contributed by atoms with Crippen molar-refractivity contribution in [1.29, 1.82) is 0 Å². The third-order valence-corrected chi connectivity index (χ3v) is 2.45. The lowest BCUT2D eigenvalue weighted by Crippen LogP contribution is -2.26. The number of nitrogens with one attached hydrogen (secondary N) is 1. The van der Waals surface area contributed by atoms with Gasteiger partial charge in [-0.2, -0.15) is 0 Å². The second-order valence-corrected chi connectivity index (χ2v) is 4.85. The standard InChI is InChI=1S/C12H17BrFNO/c1-9(2)15-3-4-16-8-10-5-11(13)7-12(14)6-10/h5-7,9,15H,3-4,8H2,1-2H3. The van der Waals surface area contributed by atoms with Gasteiger partial charge < -0.3 is 10.1 Å². The largest absolute Gasteiger partial charge is 0.375 e. The van der Waals surface area contributed by atoms with Crippen LogP contribution < -0.4 is 5.32 Å². The summed E-state index contributed by atoms with van der Waals surface area (Å²) in [5.74, 6) is -0.242. The summed E-state index contributed by atoms with van der Waals surface area (Å²) in [6.45, 7) is 6.06. The monoisotopic (exact) mass is 289 g/mol. The average molecular weight is 290 g/mol. The molecule has 90 valence electrons. The SMILES string of the molecule is CC(C)NCCOCc1cc(F)cc(Br)c1. The molecule has 2 nitrogen and oxygen atoms in total. The third kappa shape index (κ3) is 5.58. The van der Waals surface area contributed by atoms with E-state index >= 15 is 0 Å². The molecule has 0 amide bonds. The highest BCUT2D eigenvalue weighted by Crippen LogP contribution is 2.15. The fraction of sp³-hybridized carbons (Fsp3) is 0.500. The highest BCUT2D eigenvalue weighted by molar-refractivity contribution is 9.10. The molecular weight excluding hydrogens is 273 g/mol. The van der Waals surface area contributed by atoms with Crippen LogP contribution in [0.5, 0.6) is 0 Å². The first-order valence-electron chi connectivity index (χ1n) is 5.34. The van der Waals surface area contributed by atoms with Crippen LogP contribution >= 0.6 is 15.9 Å². The minimum Gasteiger partial charge on any atom is -0.375 e. The van der Waals surface area contributed by atoms with Gasteiger partial charge in [-0.15, -0.1) is 0 Å². The van der Waals surface area contributed by atoms with Crippen molar-refractivity contribution in [3.63, 3.8) is 0 Å². The van der Waals surface area contributed by atoms with E-state index in [1.807, 2.05) is 6.07 Å². The summed E-state index contributed by atoms with van der Waals surface area (Å²) < 4.78 is 19.2. The van der Waals surface area contributed by atoms with Crippen LogP contribution in [-0.4, -0.2) is 19.2 Å². The van der Waals surface area contributed by atoms with E-state index in [0.717, 1.165) is 16.6 Å². The van der Waals surface area contributed by atoms with Gasteiger partial charge in [0.05, 0.1) is 13.2 Å². The van der Waals surface area contributed by atoms with Crippen LogP contribution in [0.1, 0.15) is 19.4 Å². The molecule has 0 heterocycles. The molecule has 0 saturated carbocycles. The molecule has 1 aromatic carbocycles. The van der Waals surface area contributed by atoms with Crippen molar-refractivity contribution in [3.05, 3.63) is 34.1 Å². The van der Waals surface area contributed by atoms with Crippen molar-refractivity contribution < 1.29 is 9.13 Å². The summed E-state index contributed by atoms with van der Waals surface area (Å²) >= 11 is 3.25. The smallest absolute Gasteiger partial charge is 0.124 e. The fourth-order valence-electron chi connectivity index (χ4n) is 1.30. The fourth-order valence-corrected chi connectivity index (χ4v) is 1.82. The van der Waals surface area contributed by atoms with Gasteiger partial charge in [0.1, 0.15) is 5.82 Å². The maximum absolute atomic E-state index is 13.0. The van der Waals surface area contributed by atoms with E-state index in [2.05, 4.69) is 35.1 Å². The van der Waals surface area contributed by atoms with Gasteiger partial charge in [0.15, 0.2) is 0 Å². The van der Waals surface area contributed by atoms with Gasteiger partial charge in [-0.05, 0) is 23.8 Å². The highest BCUT2D eigenvalue weighted by Gasteiger charge is 1.99. The lowest BCUT2D eigenvalue weighted by molar-refractivity contribution is 0.121. The Morgan fingerprint density at radius 2 is 2.12 bits per heavy atom. The second kappa shape index (κ2) is 6.99. The van der Waals surface area contributed by atoms with Gasteiger partial charge in [0.25, 0.3) is 0 Å². The Morgan fingerprint density at radius 3 is 2.75 bits per heavy atom. The van der Waals surface area contributed by atoms with Gasteiger partial charge >= 0.3 is 0 Å². The molecule has 0 aliphatic rings. The molecule has 0 aromatic heterocycles. The second-order valence-electron chi connectivity index (χ2n) is 3.94. The normalized spacial score (nSPS) is 11.1. The van der Waals surface area contributed by atoms with Gasteiger partial charge in [-0.1, -0.05) is 29.8 Å². The molecule has 1 N–H and O–H groups in total. The Bertz CT molecular complexity index is 311. The van der Waals surface area contributed by atoms with E-state index in [1.165, 1.54) is 12.1 Å². The van der Waals surface area contributed by atoms with E-state index in [4.69, 9.17) is 4.74 Å². The molecule has 0 unspecified atom stereocenters. The minimum atomic E-state index is -0.242. The molecule has 0 saturated heterocycles. The Morgan fingerprint density at radius 1 is 1.38 bits per heavy atom. The first kappa shape index (κ1) is 13.6. The van der Waals surface area contributed by atoms with Gasteiger partial charge in [-0.25, -0.2) is 4.39 Å². The maximum atomic E-state index is 13.0. The molecule has 0 bridgehead atoms. The van der Waals surface area contributed by atoms with Crippen LogP contribution in [0.3, 0.4) is 0 Å². The van der Waals surface area contributed by atoms with E-state index in [9.17, 15) is 4.39 Å². The first-order valence-corrected chi connectivity index (χ1v) is 6.13. The van der Waals surface area contributed by atoms with Crippen molar-refractivity contribution in [3.8, 4) is 0 Å². The Balaban J connectivity index is 2.26. The molecular formula is C12H17BrFNO. The molecule has 0 aliphatic heterocycles. The van der Waals surface area contributed by atoms with Gasteiger partial charge in [-0.3, -0.25) is 0 Å². The topological polar surface area (TPSA) is 21.3 Å². The first-order chi connectivity index (χ1) is 7.58. The number of ether oxygens (including phenoxy) is 1. The number of halogens is 2. The summed E-state index contributed by atoms with van der Waals surface area (Å²) in [6.07, 6.45) is 0. The lowest BCUT2D eigenvalue weighted by Gasteiger charge is -2.08. The van der Waals surface area contributed by atoms with Crippen molar-refractivity contribution >= 4 is 15.9 Å². The van der Waals surface area contributed by atoms with E-state index in [1.54, 1.807) is 0 Å². The van der Waals surface area contributed by atoms with Crippen LogP contribution in [-0.2, 0) is 11.3 Å². The van der Waals surface area contributed by atoms with Crippen LogP contribution in [0.15, 0.2) is 22.7 Å². The molecule has 1 rings (SSSR count). The van der Waals surface area contributed by atoms with Crippen molar-refractivity contribution in [2.24, 2.45) is 0 Å². The average Bonchev–Trinajstić information content (AvgIpc) is 2.15. The molecule has 1 aromatic rings. The molecule has 0 aliphatic carbocycles. The van der Waals surface area contributed by atoms with E-state index in [0.29, 0.717) is 19.3 Å². The molecule has 0 spiro atoms. The lowest BCUT2D eigenvalue weighted by atomic mass is 10.2. The third-order valence-electron chi connectivity index (χ3n) is 1.99. The van der Waals surface area contributed by atoms with Crippen molar-refractivity contribution in [2.75, 3.05) is 13.2 Å². The molecule has 0 fully saturated rings. The summed E-state index contributed by atoms with van der Waals surface area (Å²) in [6, 6.07) is 5.25. The van der Waals surface area contributed by atoms with Gasteiger partial charge in [0, 0.05) is 17.1 Å². The summed E-state index contributed by atoms with van der Waals surface area (Å²) in [5.41, 5.74) is 0.844. The van der Waals surface area contributed by atoms with Crippen LogP contribution in [0.4, 0.5) is 4.39 Å². The molecule has 16 heavy (non-hydrogen) atoms. The van der Waals surface area contributed by atoms with Crippen LogP contribution in [0, 0.1) is 5.82 Å². The predicted octanol–water partition coefficient (Wildman–Crippen LogP) is 3.10. The summed E-state index contributed by atoms with van der Waals surface area (Å²) in [4.78, 5) is 0. The minimum absolute atomic E-state index is 0.242. The Labute approximate surface area is 104 Å². The van der Waals surface area contributed by atoms with Crippen LogP contribution in [0.25, 0.3) is 0 Å². The number of hydrogen-bond donors (Lipinski definition) is 1. The molecule has 0 atom stereocenters. The van der Waals surface area contributed by atoms with E-state index in [-0.39, 0.29) is 5.82 Å². The van der Waals surface area contributed by atoms with Gasteiger partial charge in [0.2, 0.25) is 0 Å². The maximum Gasteiger partial charge on any atom is 0.124 e. The number of benzene rings is 1. The Hall–Kier alpha value is -0.450. The molecule has 0 radical (unpaired) electrons. The van der Waals surface area contributed by atoms with Crippen LogP contribution in [0.2, 0.25) is 0 Å². The Kier molecular flexibility index (Phi) is 5.95. The highest BCUT2D eigenvalue weighted by atomic mass is 79.9. The van der Waals surface area contributed by atoms with E-state index < -0.39 is 0 Å².